The van der Waals surface area contributed by atoms with E-state index >= 15 is 0 Å². The van der Waals surface area contributed by atoms with Crippen molar-refractivity contribution in [1.29, 1.82) is 0 Å². The normalized spacial score (nSPS) is 21.5. The molecule has 1 fully saturated rings. The van der Waals surface area contributed by atoms with Crippen molar-refractivity contribution in [3.05, 3.63) is 45.9 Å². The Morgan fingerprint density at radius 2 is 2.05 bits per heavy atom. The van der Waals surface area contributed by atoms with Gasteiger partial charge >= 0.3 is 0 Å². The Hall–Kier alpha value is -1.26. The van der Waals surface area contributed by atoms with E-state index in [1.54, 1.807) is 11.3 Å². The molecule has 1 saturated carbocycles. The number of rotatable bonds is 6. The zero-order valence-corrected chi connectivity index (χ0v) is 12.0. The molecule has 1 aliphatic carbocycles. The van der Waals surface area contributed by atoms with Crippen LogP contribution in [-0.2, 0) is 6.42 Å². The van der Waals surface area contributed by atoms with Crippen molar-refractivity contribution in [3.8, 4) is 0 Å². The topological polar surface area (TPSA) is 37.8 Å². The van der Waals surface area contributed by atoms with Crippen molar-refractivity contribution in [2.24, 2.45) is 0 Å². The van der Waals surface area contributed by atoms with E-state index in [0.29, 0.717) is 11.8 Å². The Labute approximate surface area is 118 Å². The molecule has 0 aliphatic heterocycles. The van der Waals surface area contributed by atoms with Crippen LogP contribution in [0.15, 0.2) is 30.3 Å². The lowest BCUT2D eigenvalue weighted by Crippen LogP contribution is -2.08. The third kappa shape index (κ3) is 3.01. The van der Waals surface area contributed by atoms with Gasteiger partial charge in [0.1, 0.15) is 10.0 Å². The predicted octanol–water partition coefficient (Wildman–Crippen LogP) is 2.96. The van der Waals surface area contributed by atoms with Gasteiger partial charge in [0.2, 0.25) is 0 Å². The molecule has 2 atom stereocenters. The summed E-state index contributed by atoms with van der Waals surface area (Å²) in [7, 11) is 1.99. The largest absolute Gasteiger partial charge is 0.320 e. The highest BCUT2D eigenvalue weighted by Crippen LogP contribution is 2.55. The van der Waals surface area contributed by atoms with Crippen LogP contribution in [0.4, 0.5) is 0 Å². The zero-order valence-electron chi connectivity index (χ0n) is 11.2. The number of nitrogens with zero attached hydrogens (tertiary/aromatic N) is 2. The van der Waals surface area contributed by atoms with E-state index in [4.69, 9.17) is 0 Å². The summed E-state index contributed by atoms with van der Waals surface area (Å²) in [5.41, 5.74) is 1.44. The number of hydrogen-bond donors (Lipinski definition) is 1. The van der Waals surface area contributed by atoms with Gasteiger partial charge in [-0.05, 0) is 37.9 Å². The Bertz CT molecular complexity index is 523. The molecule has 3 rings (SSSR count). The maximum Gasteiger partial charge on any atom is 0.121 e. The second kappa shape index (κ2) is 5.80. The van der Waals surface area contributed by atoms with E-state index in [1.807, 2.05) is 7.05 Å². The van der Waals surface area contributed by atoms with Gasteiger partial charge < -0.3 is 5.32 Å². The fourth-order valence-electron chi connectivity index (χ4n) is 2.47. The molecule has 1 heterocycles. The van der Waals surface area contributed by atoms with Gasteiger partial charge in [0.25, 0.3) is 0 Å². The van der Waals surface area contributed by atoms with Crippen LogP contribution in [0, 0.1) is 0 Å². The highest BCUT2D eigenvalue weighted by Gasteiger charge is 2.41. The second-order valence-electron chi connectivity index (χ2n) is 5.10. The highest BCUT2D eigenvalue weighted by atomic mass is 32.1. The van der Waals surface area contributed by atoms with Crippen molar-refractivity contribution >= 4 is 11.3 Å². The molecule has 3 nitrogen and oxygen atoms in total. The molecule has 4 heteroatoms. The third-order valence-electron chi connectivity index (χ3n) is 3.64. The minimum Gasteiger partial charge on any atom is -0.320 e. The van der Waals surface area contributed by atoms with Crippen molar-refractivity contribution in [2.75, 3.05) is 13.6 Å². The van der Waals surface area contributed by atoms with Crippen molar-refractivity contribution in [2.45, 2.75) is 31.1 Å². The Kier molecular flexibility index (Phi) is 3.89. The van der Waals surface area contributed by atoms with Crippen LogP contribution >= 0.6 is 11.3 Å². The molecule has 0 saturated heterocycles. The third-order valence-corrected chi connectivity index (χ3v) is 4.75. The van der Waals surface area contributed by atoms with Crippen LogP contribution in [0.3, 0.4) is 0 Å². The number of nitrogens with one attached hydrogen (secondary N) is 1. The first-order valence-corrected chi connectivity index (χ1v) is 7.72. The fraction of sp³-hybridized carbons (Fsp3) is 0.467. The molecule has 1 N–H and O–H groups in total. The molecule has 0 spiro atoms. The summed E-state index contributed by atoms with van der Waals surface area (Å²) < 4.78 is 0. The lowest BCUT2D eigenvalue weighted by Gasteiger charge is -1.97. The van der Waals surface area contributed by atoms with Gasteiger partial charge in [0.15, 0.2) is 0 Å². The Morgan fingerprint density at radius 1 is 1.21 bits per heavy atom. The lowest BCUT2D eigenvalue weighted by molar-refractivity contribution is 0.717. The minimum atomic E-state index is 0.609. The van der Waals surface area contributed by atoms with E-state index < -0.39 is 0 Å². The van der Waals surface area contributed by atoms with E-state index in [1.165, 1.54) is 22.0 Å². The maximum atomic E-state index is 4.38. The van der Waals surface area contributed by atoms with Gasteiger partial charge in [0, 0.05) is 12.3 Å². The Morgan fingerprint density at radius 3 is 2.84 bits per heavy atom. The van der Waals surface area contributed by atoms with Crippen LogP contribution < -0.4 is 5.32 Å². The van der Waals surface area contributed by atoms with Gasteiger partial charge in [-0.3, -0.25) is 0 Å². The van der Waals surface area contributed by atoms with Crippen LogP contribution in [0.1, 0.15) is 40.3 Å². The molecule has 1 aromatic heterocycles. The molecule has 0 amide bonds. The first-order valence-electron chi connectivity index (χ1n) is 6.90. The summed E-state index contributed by atoms with van der Waals surface area (Å²) in [6, 6.07) is 10.8. The number of aromatic nitrogens is 2. The van der Waals surface area contributed by atoms with Gasteiger partial charge in [-0.1, -0.05) is 30.3 Å². The molecule has 2 unspecified atom stereocenters. The van der Waals surface area contributed by atoms with Crippen LogP contribution in [0.25, 0.3) is 0 Å². The average molecular weight is 273 g/mol. The van der Waals surface area contributed by atoms with Crippen LogP contribution in [-0.4, -0.2) is 23.8 Å². The van der Waals surface area contributed by atoms with Gasteiger partial charge in [0.05, 0.1) is 0 Å². The van der Waals surface area contributed by atoms with E-state index in [2.05, 4.69) is 45.8 Å². The summed E-state index contributed by atoms with van der Waals surface area (Å²) in [5.74, 6) is 1.28. The first-order chi connectivity index (χ1) is 9.38. The number of aryl methyl sites for hydroxylation is 1. The number of benzene rings is 1. The molecule has 19 heavy (non-hydrogen) atoms. The highest BCUT2D eigenvalue weighted by molar-refractivity contribution is 7.11. The molecule has 0 bridgehead atoms. The monoisotopic (exact) mass is 273 g/mol. The van der Waals surface area contributed by atoms with Crippen molar-refractivity contribution < 1.29 is 0 Å². The molecular formula is C15H19N3S. The average Bonchev–Trinajstić information content (AvgIpc) is 3.12. The predicted molar refractivity (Wildman–Crippen MR) is 78.7 cm³/mol. The number of hydrogen-bond acceptors (Lipinski definition) is 4. The summed E-state index contributed by atoms with van der Waals surface area (Å²) >= 11 is 1.80. The smallest absolute Gasteiger partial charge is 0.121 e. The maximum absolute atomic E-state index is 4.38. The molecule has 100 valence electrons. The molecule has 0 radical (unpaired) electrons. The summed E-state index contributed by atoms with van der Waals surface area (Å²) in [6.07, 6.45) is 3.41. The molecular weight excluding hydrogens is 254 g/mol. The molecule has 2 aromatic rings. The van der Waals surface area contributed by atoms with Crippen molar-refractivity contribution in [1.82, 2.24) is 15.5 Å². The van der Waals surface area contributed by atoms with Gasteiger partial charge in [-0.15, -0.1) is 21.5 Å². The lowest BCUT2D eigenvalue weighted by atomic mass is 10.1. The summed E-state index contributed by atoms with van der Waals surface area (Å²) in [6.45, 7) is 1.05. The standard InChI is InChI=1S/C15H19N3S/c1-16-9-5-8-14-17-18-15(19-14)13-10-12(13)11-6-3-2-4-7-11/h2-4,6-7,12-13,16H,5,8-10H2,1H3. The molecule has 1 aliphatic rings. The minimum absolute atomic E-state index is 0.609. The SMILES string of the molecule is CNCCCc1nnc(C2CC2c2ccccc2)s1. The quantitative estimate of drug-likeness (QED) is 0.822. The second-order valence-corrected chi connectivity index (χ2v) is 6.19. The van der Waals surface area contributed by atoms with Crippen LogP contribution in [0.5, 0.6) is 0 Å². The van der Waals surface area contributed by atoms with Crippen LogP contribution in [0.2, 0.25) is 0 Å². The van der Waals surface area contributed by atoms with Gasteiger partial charge in [-0.2, -0.15) is 0 Å². The Balaban J connectivity index is 1.59. The summed E-state index contributed by atoms with van der Waals surface area (Å²) in [5, 5.41) is 14.3. The van der Waals surface area contributed by atoms with Gasteiger partial charge in [-0.25, -0.2) is 0 Å². The van der Waals surface area contributed by atoms with Crippen molar-refractivity contribution in [3.63, 3.8) is 0 Å². The van der Waals surface area contributed by atoms with E-state index in [-0.39, 0.29) is 0 Å². The van der Waals surface area contributed by atoms with E-state index in [0.717, 1.165) is 19.4 Å². The van der Waals surface area contributed by atoms with E-state index in [9.17, 15) is 0 Å². The fourth-order valence-corrected chi connectivity index (χ4v) is 3.53. The first kappa shape index (κ1) is 12.8. The summed E-state index contributed by atoms with van der Waals surface area (Å²) in [4.78, 5) is 0. The molecule has 1 aromatic carbocycles. The zero-order chi connectivity index (χ0) is 13.1.